The highest BCUT2D eigenvalue weighted by Gasteiger charge is 2.05. The second-order valence-electron chi connectivity index (χ2n) is 4.11. The second kappa shape index (κ2) is 6.11. The van der Waals surface area contributed by atoms with E-state index >= 15 is 0 Å². The van der Waals surface area contributed by atoms with Crippen molar-refractivity contribution in [3.05, 3.63) is 34.9 Å². The molecular formula is C12H18ClNO. The van der Waals surface area contributed by atoms with E-state index < -0.39 is 0 Å². The average molecular weight is 228 g/mol. The van der Waals surface area contributed by atoms with Gasteiger partial charge in [-0.15, -0.1) is 0 Å². The van der Waals surface area contributed by atoms with Gasteiger partial charge in [0.15, 0.2) is 0 Å². The SMILES string of the molecule is CC(CO)CN(C)Cc1cccc(Cl)c1. The first kappa shape index (κ1) is 12.5. The maximum atomic E-state index is 8.95. The average Bonchev–Trinajstić information content (AvgIpc) is 2.17. The summed E-state index contributed by atoms with van der Waals surface area (Å²) in [7, 11) is 2.05. The van der Waals surface area contributed by atoms with Gasteiger partial charge in [-0.2, -0.15) is 0 Å². The van der Waals surface area contributed by atoms with E-state index in [9.17, 15) is 0 Å². The summed E-state index contributed by atoms with van der Waals surface area (Å²) in [5.41, 5.74) is 1.20. The maximum Gasteiger partial charge on any atom is 0.0468 e. The molecule has 1 aromatic carbocycles. The molecule has 0 aliphatic rings. The molecule has 1 unspecified atom stereocenters. The molecule has 1 rings (SSSR count). The summed E-state index contributed by atoms with van der Waals surface area (Å²) < 4.78 is 0. The molecule has 0 fully saturated rings. The predicted molar refractivity (Wildman–Crippen MR) is 64.0 cm³/mol. The number of aliphatic hydroxyl groups is 1. The van der Waals surface area contributed by atoms with E-state index in [2.05, 4.69) is 11.0 Å². The third-order valence-corrected chi connectivity index (χ3v) is 2.51. The molecule has 0 bridgehead atoms. The van der Waals surface area contributed by atoms with Crippen molar-refractivity contribution in [1.29, 1.82) is 0 Å². The third-order valence-electron chi connectivity index (χ3n) is 2.28. The summed E-state index contributed by atoms with van der Waals surface area (Å²) in [5, 5.41) is 9.72. The van der Waals surface area contributed by atoms with E-state index in [1.807, 2.05) is 32.2 Å². The van der Waals surface area contributed by atoms with E-state index in [0.29, 0.717) is 5.92 Å². The van der Waals surface area contributed by atoms with E-state index in [0.717, 1.165) is 18.1 Å². The van der Waals surface area contributed by atoms with E-state index in [1.54, 1.807) is 0 Å². The summed E-state index contributed by atoms with van der Waals surface area (Å²) in [6, 6.07) is 7.87. The van der Waals surface area contributed by atoms with Crippen LogP contribution in [0, 0.1) is 5.92 Å². The molecule has 3 heteroatoms. The molecule has 0 spiro atoms. The fourth-order valence-corrected chi connectivity index (χ4v) is 1.81. The maximum absolute atomic E-state index is 8.95. The smallest absolute Gasteiger partial charge is 0.0468 e. The van der Waals surface area contributed by atoms with Crippen LogP contribution in [-0.4, -0.2) is 30.2 Å². The van der Waals surface area contributed by atoms with Crippen molar-refractivity contribution in [2.75, 3.05) is 20.2 Å². The Bertz CT molecular complexity index is 303. The number of benzene rings is 1. The van der Waals surface area contributed by atoms with Crippen LogP contribution >= 0.6 is 11.6 Å². The lowest BCUT2D eigenvalue weighted by Crippen LogP contribution is -2.25. The molecule has 1 atom stereocenters. The molecule has 0 aromatic heterocycles. The topological polar surface area (TPSA) is 23.5 Å². The summed E-state index contributed by atoms with van der Waals surface area (Å²) in [4.78, 5) is 2.19. The fraction of sp³-hybridized carbons (Fsp3) is 0.500. The lowest BCUT2D eigenvalue weighted by molar-refractivity contribution is 0.188. The monoisotopic (exact) mass is 227 g/mol. The molecule has 15 heavy (non-hydrogen) atoms. The van der Waals surface area contributed by atoms with Gasteiger partial charge in [0, 0.05) is 24.7 Å². The van der Waals surface area contributed by atoms with Crippen molar-refractivity contribution in [3.8, 4) is 0 Å². The summed E-state index contributed by atoms with van der Waals surface area (Å²) in [5.74, 6) is 0.314. The molecule has 0 saturated heterocycles. The van der Waals surface area contributed by atoms with Crippen LogP contribution in [0.1, 0.15) is 12.5 Å². The van der Waals surface area contributed by atoms with Gasteiger partial charge in [0.05, 0.1) is 0 Å². The summed E-state index contributed by atoms with van der Waals surface area (Å²) >= 11 is 5.90. The van der Waals surface area contributed by atoms with E-state index in [4.69, 9.17) is 16.7 Å². The van der Waals surface area contributed by atoms with Crippen LogP contribution in [0.4, 0.5) is 0 Å². The summed E-state index contributed by atoms with van der Waals surface area (Å²) in [6.07, 6.45) is 0. The third kappa shape index (κ3) is 4.65. The van der Waals surface area contributed by atoms with Crippen molar-refractivity contribution in [3.63, 3.8) is 0 Å². The van der Waals surface area contributed by atoms with Gasteiger partial charge >= 0.3 is 0 Å². The number of hydrogen-bond donors (Lipinski definition) is 1. The highest BCUT2D eigenvalue weighted by molar-refractivity contribution is 6.30. The Morgan fingerprint density at radius 3 is 2.80 bits per heavy atom. The zero-order chi connectivity index (χ0) is 11.3. The van der Waals surface area contributed by atoms with Crippen molar-refractivity contribution in [1.82, 2.24) is 4.90 Å². The van der Waals surface area contributed by atoms with Gasteiger partial charge in [0.25, 0.3) is 0 Å². The minimum atomic E-state index is 0.236. The van der Waals surface area contributed by atoms with Gasteiger partial charge in [-0.1, -0.05) is 30.7 Å². The minimum absolute atomic E-state index is 0.236. The highest BCUT2D eigenvalue weighted by Crippen LogP contribution is 2.12. The predicted octanol–water partition coefficient (Wildman–Crippen LogP) is 2.40. The lowest BCUT2D eigenvalue weighted by atomic mass is 10.1. The fourth-order valence-electron chi connectivity index (χ4n) is 1.60. The molecule has 0 amide bonds. The van der Waals surface area contributed by atoms with E-state index in [-0.39, 0.29) is 6.61 Å². The molecule has 1 N–H and O–H groups in total. The number of halogens is 1. The largest absolute Gasteiger partial charge is 0.396 e. The number of hydrogen-bond acceptors (Lipinski definition) is 2. The number of rotatable bonds is 5. The molecular weight excluding hydrogens is 210 g/mol. The Morgan fingerprint density at radius 2 is 2.20 bits per heavy atom. The molecule has 0 saturated carbocycles. The highest BCUT2D eigenvalue weighted by atomic mass is 35.5. The lowest BCUT2D eigenvalue weighted by Gasteiger charge is -2.20. The first-order valence-corrected chi connectivity index (χ1v) is 5.53. The van der Waals surface area contributed by atoms with Gasteiger partial charge in [0.2, 0.25) is 0 Å². The van der Waals surface area contributed by atoms with Crippen molar-refractivity contribution < 1.29 is 5.11 Å². The van der Waals surface area contributed by atoms with Crippen LogP contribution in [0.3, 0.4) is 0 Å². The normalized spacial score (nSPS) is 13.1. The minimum Gasteiger partial charge on any atom is -0.396 e. The zero-order valence-electron chi connectivity index (χ0n) is 9.28. The van der Waals surface area contributed by atoms with E-state index in [1.165, 1.54) is 5.56 Å². The molecule has 0 radical (unpaired) electrons. The van der Waals surface area contributed by atoms with Gasteiger partial charge < -0.3 is 10.0 Å². The Hall–Kier alpha value is -0.570. The summed E-state index contributed by atoms with van der Waals surface area (Å²) in [6.45, 7) is 4.03. The quantitative estimate of drug-likeness (QED) is 0.835. The number of nitrogens with zero attached hydrogens (tertiary/aromatic N) is 1. The molecule has 0 aliphatic carbocycles. The molecule has 1 aromatic rings. The standard InChI is InChI=1S/C12H18ClNO/c1-10(9-15)7-14(2)8-11-4-3-5-12(13)6-11/h3-6,10,15H,7-9H2,1-2H3. The van der Waals surface area contributed by atoms with Gasteiger partial charge in [-0.25, -0.2) is 0 Å². The first-order valence-electron chi connectivity index (χ1n) is 5.15. The van der Waals surface area contributed by atoms with Crippen LogP contribution < -0.4 is 0 Å². The van der Waals surface area contributed by atoms with Crippen molar-refractivity contribution in [2.45, 2.75) is 13.5 Å². The van der Waals surface area contributed by atoms with Crippen molar-refractivity contribution in [2.24, 2.45) is 5.92 Å². The molecule has 2 nitrogen and oxygen atoms in total. The molecule has 0 heterocycles. The van der Waals surface area contributed by atoms with Crippen LogP contribution in [0.15, 0.2) is 24.3 Å². The number of aliphatic hydroxyl groups excluding tert-OH is 1. The molecule has 0 aliphatic heterocycles. The van der Waals surface area contributed by atoms with Crippen molar-refractivity contribution >= 4 is 11.6 Å². The van der Waals surface area contributed by atoms with Crippen LogP contribution in [-0.2, 0) is 6.54 Å². The Labute approximate surface area is 96.5 Å². The first-order chi connectivity index (χ1) is 7.11. The zero-order valence-corrected chi connectivity index (χ0v) is 10.0. The van der Waals surface area contributed by atoms with Crippen LogP contribution in [0.2, 0.25) is 5.02 Å². The van der Waals surface area contributed by atoms with Gasteiger partial charge in [-0.3, -0.25) is 0 Å². The Morgan fingerprint density at radius 1 is 1.47 bits per heavy atom. The van der Waals surface area contributed by atoms with Gasteiger partial charge in [0.1, 0.15) is 0 Å². The second-order valence-corrected chi connectivity index (χ2v) is 4.55. The molecule has 84 valence electrons. The Balaban J connectivity index is 2.47. The Kier molecular flexibility index (Phi) is 5.09. The van der Waals surface area contributed by atoms with Gasteiger partial charge in [-0.05, 0) is 30.7 Å². The van der Waals surface area contributed by atoms with Crippen LogP contribution in [0.25, 0.3) is 0 Å². The van der Waals surface area contributed by atoms with Crippen LogP contribution in [0.5, 0.6) is 0 Å².